The van der Waals surface area contributed by atoms with Crippen molar-refractivity contribution in [2.45, 2.75) is 46.6 Å². The molecule has 0 fully saturated rings. The number of nitrogens with one attached hydrogen (secondary N) is 1. The molecule has 0 aromatic carbocycles. The van der Waals surface area contributed by atoms with Gasteiger partial charge in [0.1, 0.15) is 0 Å². The van der Waals surface area contributed by atoms with Crippen LogP contribution in [-0.4, -0.2) is 16.9 Å². The maximum absolute atomic E-state index is 11.8. The Morgan fingerprint density at radius 3 is 2.72 bits per heavy atom. The van der Waals surface area contributed by atoms with Crippen molar-refractivity contribution in [1.82, 2.24) is 4.98 Å². The van der Waals surface area contributed by atoms with Crippen LogP contribution in [0, 0.1) is 12.3 Å². The third-order valence-corrected chi connectivity index (χ3v) is 2.60. The molecule has 0 aliphatic rings. The predicted octanol–water partition coefficient (Wildman–Crippen LogP) is 2.48. The molecule has 0 aliphatic heterocycles. The van der Waals surface area contributed by atoms with Gasteiger partial charge in [-0.3, -0.25) is 9.78 Å². The van der Waals surface area contributed by atoms with Crippen LogP contribution >= 0.6 is 0 Å². The van der Waals surface area contributed by atoms with E-state index in [0.717, 1.165) is 17.8 Å². The van der Waals surface area contributed by atoms with Crippen molar-refractivity contribution >= 4 is 11.6 Å². The van der Waals surface area contributed by atoms with Crippen molar-refractivity contribution in [2.75, 3.05) is 5.32 Å². The van der Waals surface area contributed by atoms with Gasteiger partial charge in [0.05, 0.1) is 11.4 Å². The molecule has 0 aliphatic carbocycles. The maximum Gasteiger partial charge on any atom is 0.225 e. The van der Waals surface area contributed by atoms with Crippen LogP contribution in [0.25, 0.3) is 0 Å². The van der Waals surface area contributed by atoms with Crippen molar-refractivity contribution in [3.05, 3.63) is 24.0 Å². The van der Waals surface area contributed by atoms with E-state index in [4.69, 9.17) is 5.73 Å². The summed E-state index contributed by atoms with van der Waals surface area (Å²) in [6.07, 6.45) is 2.87. The molecular weight excluding hydrogens is 226 g/mol. The summed E-state index contributed by atoms with van der Waals surface area (Å²) in [7, 11) is 0. The minimum absolute atomic E-state index is 0.0529. The number of anilines is 1. The standard InChI is InChI=1S/C14H23N3O/c1-10-12(6-5-7-16-10)17-13(18)8-11(15)9-14(2,3)4/h5-7,11H,8-9,15H2,1-4H3,(H,17,18). The molecule has 0 bridgehead atoms. The van der Waals surface area contributed by atoms with Gasteiger partial charge in [-0.15, -0.1) is 0 Å². The Hall–Kier alpha value is -1.42. The number of carbonyl (C=O) groups is 1. The van der Waals surface area contributed by atoms with E-state index >= 15 is 0 Å². The van der Waals surface area contributed by atoms with Crippen molar-refractivity contribution in [3.63, 3.8) is 0 Å². The Balaban J connectivity index is 2.50. The monoisotopic (exact) mass is 249 g/mol. The smallest absolute Gasteiger partial charge is 0.225 e. The van der Waals surface area contributed by atoms with Gasteiger partial charge in [-0.1, -0.05) is 20.8 Å². The fourth-order valence-corrected chi connectivity index (χ4v) is 1.91. The van der Waals surface area contributed by atoms with Crippen LogP contribution in [0.1, 0.15) is 39.3 Å². The highest BCUT2D eigenvalue weighted by molar-refractivity contribution is 5.91. The zero-order chi connectivity index (χ0) is 13.8. The van der Waals surface area contributed by atoms with Gasteiger partial charge in [-0.2, -0.15) is 0 Å². The number of nitrogens with zero attached hydrogens (tertiary/aromatic N) is 1. The molecule has 18 heavy (non-hydrogen) atoms. The third kappa shape index (κ3) is 5.27. The van der Waals surface area contributed by atoms with E-state index in [2.05, 4.69) is 31.1 Å². The van der Waals surface area contributed by atoms with Crippen molar-refractivity contribution in [1.29, 1.82) is 0 Å². The molecule has 3 N–H and O–H groups in total. The lowest BCUT2D eigenvalue weighted by Crippen LogP contribution is -2.31. The molecule has 4 heteroatoms. The molecule has 4 nitrogen and oxygen atoms in total. The molecule has 1 rings (SSSR count). The first-order valence-electron chi connectivity index (χ1n) is 6.25. The molecule has 0 saturated carbocycles. The fourth-order valence-electron chi connectivity index (χ4n) is 1.91. The van der Waals surface area contributed by atoms with Crippen molar-refractivity contribution in [3.8, 4) is 0 Å². The van der Waals surface area contributed by atoms with Gasteiger partial charge in [-0.25, -0.2) is 0 Å². The molecular formula is C14H23N3O. The topological polar surface area (TPSA) is 68.0 Å². The quantitative estimate of drug-likeness (QED) is 0.861. The van der Waals surface area contributed by atoms with E-state index in [9.17, 15) is 4.79 Å². The predicted molar refractivity (Wildman–Crippen MR) is 74.3 cm³/mol. The molecule has 1 atom stereocenters. The Kier molecular flexibility index (Phi) is 4.84. The minimum Gasteiger partial charge on any atom is -0.327 e. The lowest BCUT2D eigenvalue weighted by molar-refractivity contribution is -0.116. The molecule has 1 unspecified atom stereocenters. The van der Waals surface area contributed by atoms with Gasteiger partial charge >= 0.3 is 0 Å². The summed E-state index contributed by atoms with van der Waals surface area (Å²) in [4.78, 5) is 16.0. The zero-order valence-electron chi connectivity index (χ0n) is 11.7. The van der Waals surface area contributed by atoms with E-state index < -0.39 is 0 Å². The maximum atomic E-state index is 11.8. The first kappa shape index (κ1) is 14.6. The summed E-state index contributed by atoms with van der Waals surface area (Å²) in [5.41, 5.74) is 7.69. The third-order valence-electron chi connectivity index (χ3n) is 2.60. The normalized spacial score (nSPS) is 13.2. The van der Waals surface area contributed by atoms with Crippen LogP contribution in [0.2, 0.25) is 0 Å². The van der Waals surface area contributed by atoms with Gasteiger partial charge in [0, 0.05) is 18.7 Å². The number of pyridine rings is 1. The van der Waals surface area contributed by atoms with Crippen LogP contribution in [0.3, 0.4) is 0 Å². The largest absolute Gasteiger partial charge is 0.327 e. The zero-order valence-corrected chi connectivity index (χ0v) is 11.7. The van der Waals surface area contributed by atoms with Crippen LogP contribution in [0.4, 0.5) is 5.69 Å². The number of amides is 1. The first-order chi connectivity index (χ1) is 8.28. The summed E-state index contributed by atoms with van der Waals surface area (Å²) < 4.78 is 0. The molecule has 0 radical (unpaired) electrons. The highest BCUT2D eigenvalue weighted by atomic mass is 16.1. The van der Waals surface area contributed by atoms with E-state index in [0.29, 0.717) is 6.42 Å². The Morgan fingerprint density at radius 1 is 1.50 bits per heavy atom. The Labute approximate surface area is 109 Å². The molecule has 1 amide bonds. The summed E-state index contributed by atoms with van der Waals surface area (Å²) in [5.74, 6) is -0.0529. The van der Waals surface area contributed by atoms with Gasteiger partial charge in [0.2, 0.25) is 5.91 Å². The van der Waals surface area contributed by atoms with E-state index in [1.807, 2.05) is 13.0 Å². The lowest BCUT2D eigenvalue weighted by Gasteiger charge is -2.22. The van der Waals surface area contributed by atoms with E-state index in [-0.39, 0.29) is 17.4 Å². The van der Waals surface area contributed by atoms with Crippen LogP contribution in [-0.2, 0) is 4.79 Å². The van der Waals surface area contributed by atoms with Crippen LogP contribution in [0.15, 0.2) is 18.3 Å². The average molecular weight is 249 g/mol. The van der Waals surface area contributed by atoms with E-state index in [1.54, 1.807) is 12.3 Å². The molecule has 0 saturated heterocycles. The average Bonchev–Trinajstić information content (AvgIpc) is 2.18. The van der Waals surface area contributed by atoms with Crippen molar-refractivity contribution < 1.29 is 4.79 Å². The molecule has 1 heterocycles. The summed E-state index contributed by atoms with van der Waals surface area (Å²) in [6.45, 7) is 8.23. The molecule has 1 aromatic rings. The number of hydrogen-bond acceptors (Lipinski definition) is 3. The summed E-state index contributed by atoms with van der Waals surface area (Å²) in [5, 5.41) is 2.85. The number of aryl methyl sites for hydroxylation is 1. The highest BCUT2D eigenvalue weighted by Gasteiger charge is 2.18. The van der Waals surface area contributed by atoms with Crippen molar-refractivity contribution in [2.24, 2.45) is 11.1 Å². The Morgan fingerprint density at radius 2 is 2.17 bits per heavy atom. The van der Waals surface area contributed by atoms with Gasteiger partial charge in [0.25, 0.3) is 0 Å². The fraction of sp³-hybridized carbons (Fsp3) is 0.571. The van der Waals surface area contributed by atoms with Gasteiger partial charge < -0.3 is 11.1 Å². The molecule has 100 valence electrons. The van der Waals surface area contributed by atoms with Crippen LogP contribution < -0.4 is 11.1 Å². The molecule has 1 aromatic heterocycles. The number of carbonyl (C=O) groups excluding carboxylic acids is 1. The number of nitrogens with two attached hydrogens (primary N) is 1. The van der Waals surface area contributed by atoms with Gasteiger partial charge in [0.15, 0.2) is 0 Å². The number of hydrogen-bond donors (Lipinski definition) is 2. The number of aromatic nitrogens is 1. The van der Waals surface area contributed by atoms with Gasteiger partial charge in [-0.05, 0) is 30.9 Å². The number of rotatable bonds is 4. The lowest BCUT2D eigenvalue weighted by atomic mass is 9.87. The minimum atomic E-state index is -0.109. The Bertz CT molecular complexity index is 410. The summed E-state index contributed by atoms with van der Waals surface area (Å²) >= 11 is 0. The highest BCUT2D eigenvalue weighted by Crippen LogP contribution is 2.21. The van der Waals surface area contributed by atoms with E-state index in [1.165, 1.54) is 0 Å². The second-order valence-electron chi connectivity index (χ2n) is 5.91. The second-order valence-corrected chi connectivity index (χ2v) is 5.91. The first-order valence-corrected chi connectivity index (χ1v) is 6.25. The van der Waals surface area contributed by atoms with Crippen LogP contribution in [0.5, 0.6) is 0 Å². The summed E-state index contributed by atoms with van der Waals surface area (Å²) in [6, 6.07) is 3.54. The second kappa shape index (κ2) is 5.96. The SMILES string of the molecule is Cc1ncccc1NC(=O)CC(N)CC(C)(C)C. The molecule has 0 spiro atoms.